The molecule has 5 heteroatoms. The summed E-state index contributed by atoms with van der Waals surface area (Å²) in [5.41, 5.74) is 0.370. The molecule has 1 aromatic heterocycles. The normalized spacial score (nSPS) is 8.80. The lowest BCUT2D eigenvalue weighted by molar-refractivity contribution is 0.209. The van der Waals surface area contributed by atoms with Gasteiger partial charge >= 0.3 is 6.09 Å². The maximum absolute atomic E-state index is 10.0. The number of rotatable bonds is 1. The van der Waals surface area contributed by atoms with Crippen LogP contribution in [0.2, 0.25) is 0 Å². The standard InChI is InChI=1S/C5H5N3O2/c9-5(10)8-4-1-6-3-7-2-4/h1-3,8H,(H,9,10). The fourth-order valence-electron chi connectivity index (χ4n) is 0.487. The molecule has 0 unspecified atom stereocenters. The van der Waals surface area contributed by atoms with Gasteiger partial charge in [0.1, 0.15) is 6.33 Å². The Morgan fingerprint density at radius 2 is 2.10 bits per heavy atom. The number of hydrogen-bond acceptors (Lipinski definition) is 3. The van der Waals surface area contributed by atoms with Crippen LogP contribution in [-0.2, 0) is 0 Å². The zero-order valence-electron chi connectivity index (χ0n) is 4.98. The minimum atomic E-state index is -1.12. The van der Waals surface area contributed by atoms with Crippen LogP contribution in [0.25, 0.3) is 0 Å². The summed E-state index contributed by atoms with van der Waals surface area (Å²) in [5, 5.41) is 10.3. The lowest BCUT2D eigenvalue weighted by atomic mass is 10.5. The van der Waals surface area contributed by atoms with E-state index in [0.717, 1.165) is 0 Å². The van der Waals surface area contributed by atoms with Gasteiger partial charge in [0.15, 0.2) is 0 Å². The van der Waals surface area contributed by atoms with Crippen LogP contribution in [0.15, 0.2) is 18.7 Å². The van der Waals surface area contributed by atoms with E-state index in [-0.39, 0.29) is 0 Å². The number of nitrogens with zero attached hydrogens (tertiary/aromatic N) is 2. The molecule has 0 aromatic carbocycles. The molecule has 0 aliphatic carbocycles. The molecule has 0 fully saturated rings. The van der Waals surface area contributed by atoms with E-state index in [1.54, 1.807) is 0 Å². The second kappa shape index (κ2) is 2.77. The van der Waals surface area contributed by atoms with Gasteiger partial charge < -0.3 is 5.11 Å². The SMILES string of the molecule is O=C(O)Nc1cncnc1. The molecule has 52 valence electrons. The third-order valence-electron chi connectivity index (χ3n) is 0.812. The van der Waals surface area contributed by atoms with E-state index in [1.807, 2.05) is 0 Å². The molecule has 2 N–H and O–H groups in total. The Labute approximate surface area is 56.7 Å². The average molecular weight is 139 g/mol. The molecular formula is C5H5N3O2. The zero-order chi connectivity index (χ0) is 7.40. The number of amides is 1. The lowest BCUT2D eigenvalue weighted by Gasteiger charge is -1.95. The fraction of sp³-hybridized carbons (Fsp3) is 0. The molecule has 0 bridgehead atoms. The van der Waals surface area contributed by atoms with Crippen molar-refractivity contribution in [2.45, 2.75) is 0 Å². The Morgan fingerprint density at radius 3 is 2.60 bits per heavy atom. The quantitative estimate of drug-likeness (QED) is 0.596. The van der Waals surface area contributed by atoms with Gasteiger partial charge in [0.2, 0.25) is 0 Å². The summed E-state index contributed by atoms with van der Waals surface area (Å²) in [6, 6.07) is 0. The van der Waals surface area contributed by atoms with E-state index in [1.165, 1.54) is 18.7 Å². The van der Waals surface area contributed by atoms with E-state index >= 15 is 0 Å². The Hall–Kier alpha value is -1.65. The van der Waals surface area contributed by atoms with Gasteiger partial charge in [-0.3, -0.25) is 5.32 Å². The van der Waals surface area contributed by atoms with Crippen LogP contribution >= 0.6 is 0 Å². The van der Waals surface area contributed by atoms with Gasteiger partial charge in [-0.2, -0.15) is 0 Å². The van der Waals surface area contributed by atoms with Crippen molar-refractivity contribution in [2.24, 2.45) is 0 Å². The number of hydrogen-bond donors (Lipinski definition) is 2. The molecule has 1 rings (SSSR count). The lowest BCUT2D eigenvalue weighted by Crippen LogP contribution is -2.07. The van der Waals surface area contributed by atoms with Crippen LogP contribution in [0.4, 0.5) is 10.5 Å². The number of anilines is 1. The van der Waals surface area contributed by atoms with Crippen LogP contribution in [0, 0.1) is 0 Å². The summed E-state index contributed by atoms with van der Waals surface area (Å²) < 4.78 is 0. The van der Waals surface area contributed by atoms with Crippen LogP contribution in [0.1, 0.15) is 0 Å². The smallest absolute Gasteiger partial charge is 0.409 e. The largest absolute Gasteiger partial charge is 0.465 e. The number of aromatic nitrogens is 2. The first-order valence-corrected chi connectivity index (χ1v) is 2.54. The first-order chi connectivity index (χ1) is 4.79. The van der Waals surface area contributed by atoms with Crippen molar-refractivity contribution < 1.29 is 9.90 Å². The number of nitrogens with one attached hydrogen (secondary N) is 1. The van der Waals surface area contributed by atoms with E-state index < -0.39 is 6.09 Å². The number of carboxylic acid groups (broad SMARTS) is 1. The van der Waals surface area contributed by atoms with Gasteiger partial charge in [0.25, 0.3) is 0 Å². The third-order valence-corrected chi connectivity index (χ3v) is 0.812. The van der Waals surface area contributed by atoms with Crippen LogP contribution < -0.4 is 5.32 Å². The molecule has 0 aliphatic rings. The second-order valence-corrected chi connectivity index (χ2v) is 1.56. The summed E-state index contributed by atoms with van der Waals surface area (Å²) in [4.78, 5) is 17.2. The molecule has 0 spiro atoms. The summed E-state index contributed by atoms with van der Waals surface area (Å²) >= 11 is 0. The maximum atomic E-state index is 10.0. The van der Waals surface area contributed by atoms with Crippen molar-refractivity contribution >= 4 is 11.8 Å². The Bertz CT molecular complexity index is 224. The maximum Gasteiger partial charge on any atom is 0.409 e. The van der Waals surface area contributed by atoms with Gasteiger partial charge in [0, 0.05) is 0 Å². The van der Waals surface area contributed by atoms with Crippen LogP contribution in [-0.4, -0.2) is 21.2 Å². The average Bonchev–Trinajstić information content (AvgIpc) is 1.88. The third kappa shape index (κ3) is 1.70. The van der Waals surface area contributed by atoms with Gasteiger partial charge in [-0.15, -0.1) is 0 Å². The fourth-order valence-corrected chi connectivity index (χ4v) is 0.487. The van der Waals surface area contributed by atoms with Gasteiger partial charge in [-0.25, -0.2) is 14.8 Å². The van der Waals surface area contributed by atoms with Gasteiger partial charge in [-0.05, 0) is 0 Å². The molecular weight excluding hydrogens is 134 g/mol. The Morgan fingerprint density at radius 1 is 1.50 bits per heavy atom. The van der Waals surface area contributed by atoms with E-state index in [0.29, 0.717) is 5.69 Å². The predicted octanol–water partition coefficient (Wildman–Crippen LogP) is 0.566. The van der Waals surface area contributed by atoms with Crippen molar-refractivity contribution in [1.82, 2.24) is 9.97 Å². The summed E-state index contributed by atoms with van der Waals surface area (Å²) in [6.07, 6.45) is 2.96. The predicted molar refractivity (Wildman–Crippen MR) is 33.7 cm³/mol. The topological polar surface area (TPSA) is 75.1 Å². The minimum absolute atomic E-state index is 0.370. The highest BCUT2D eigenvalue weighted by atomic mass is 16.4. The second-order valence-electron chi connectivity index (χ2n) is 1.56. The minimum Gasteiger partial charge on any atom is -0.465 e. The molecule has 0 radical (unpaired) electrons. The Kier molecular flexibility index (Phi) is 1.79. The van der Waals surface area contributed by atoms with E-state index in [9.17, 15) is 4.79 Å². The molecule has 10 heavy (non-hydrogen) atoms. The highest BCUT2D eigenvalue weighted by Gasteiger charge is 1.94. The summed E-state index contributed by atoms with van der Waals surface area (Å²) in [5.74, 6) is 0. The van der Waals surface area contributed by atoms with Crippen LogP contribution in [0.3, 0.4) is 0 Å². The van der Waals surface area contributed by atoms with Crippen molar-refractivity contribution in [3.05, 3.63) is 18.7 Å². The van der Waals surface area contributed by atoms with Crippen molar-refractivity contribution in [1.29, 1.82) is 0 Å². The van der Waals surface area contributed by atoms with Gasteiger partial charge in [-0.1, -0.05) is 0 Å². The van der Waals surface area contributed by atoms with Crippen LogP contribution in [0.5, 0.6) is 0 Å². The van der Waals surface area contributed by atoms with E-state index in [2.05, 4.69) is 15.3 Å². The first-order valence-electron chi connectivity index (χ1n) is 2.54. The zero-order valence-corrected chi connectivity index (χ0v) is 4.98. The molecule has 1 heterocycles. The summed E-state index contributed by atoms with van der Waals surface area (Å²) in [7, 11) is 0. The van der Waals surface area contributed by atoms with Crippen molar-refractivity contribution in [3.63, 3.8) is 0 Å². The highest BCUT2D eigenvalue weighted by Crippen LogP contribution is 1.98. The molecule has 5 nitrogen and oxygen atoms in total. The summed E-state index contributed by atoms with van der Waals surface area (Å²) in [6.45, 7) is 0. The van der Waals surface area contributed by atoms with E-state index in [4.69, 9.17) is 5.11 Å². The number of carbonyl (C=O) groups is 1. The Balaban J connectivity index is 2.67. The van der Waals surface area contributed by atoms with Crippen molar-refractivity contribution in [3.8, 4) is 0 Å². The van der Waals surface area contributed by atoms with Crippen molar-refractivity contribution in [2.75, 3.05) is 5.32 Å². The first kappa shape index (κ1) is 6.47. The molecule has 0 saturated heterocycles. The highest BCUT2D eigenvalue weighted by molar-refractivity contribution is 5.82. The molecule has 0 saturated carbocycles. The molecule has 0 aliphatic heterocycles. The monoisotopic (exact) mass is 139 g/mol. The molecule has 1 aromatic rings. The molecule has 0 atom stereocenters. The molecule has 1 amide bonds. The van der Waals surface area contributed by atoms with Gasteiger partial charge in [0.05, 0.1) is 18.1 Å².